The fourth-order valence-corrected chi connectivity index (χ4v) is 2.58. The Hall–Kier alpha value is -3.30. The maximum Gasteiger partial charge on any atom is 0.433 e. The minimum Gasteiger partial charge on any atom is -0.399 e. The van der Waals surface area contributed by atoms with E-state index in [4.69, 9.17) is 4.42 Å². The van der Waals surface area contributed by atoms with Crippen LogP contribution in [0.2, 0.25) is 0 Å². The maximum atomic E-state index is 10.9. The summed E-state index contributed by atoms with van der Waals surface area (Å²) in [7, 11) is 0. The molecule has 0 aliphatic carbocycles. The first kappa shape index (κ1) is 17.5. The predicted molar refractivity (Wildman–Crippen MR) is 95.7 cm³/mol. The Morgan fingerprint density at radius 1 is 1.31 bits per heavy atom. The lowest BCUT2D eigenvalue weighted by Gasteiger charge is -2.14. The highest BCUT2D eigenvalue weighted by molar-refractivity contribution is 5.70. The molecule has 3 aromatic rings. The third-order valence-electron chi connectivity index (χ3n) is 4.08. The number of aromatic nitrogens is 4. The van der Waals surface area contributed by atoms with Crippen LogP contribution >= 0.6 is 0 Å². The number of hydrogen-bond acceptors (Lipinski definition) is 7. The van der Waals surface area contributed by atoms with Gasteiger partial charge in [0.05, 0.1) is 12.4 Å². The molecule has 10 nitrogen and oxygen atoms in total. The number of furan rings is 1. The zero-order chi connectivity index (χ0) is 18.8. The molecule has 0 fully saturated rings. The predicted octanol–water partition coefficient (Wildman–Crippen LogP) is 2.91. The van der Waals surface area contributed by atoms with Gasteiger partial charge in [0.2, 0.25) is 5.95 Å². The fourth-order valence-electron chi connectivity index (χ4n) is 2.58. The molecule has 0 unspecified atom stereocenters. The molecule has 0 aliphatic rings. The summed E-state index contributed by atoms with van der Waals surface area (Å²) in [4.78, 5) is 21.4. The van der Waals surface area contributed by atoms with Crippen molar-refractivity contribution < 1.29 is 9.34 Å². The minimum absolute atomic E-state index is 0.289. The van der Waals surface area contributed by atoms with Gasteiger partial charge in [0.25, 0.3) is 0 Å². The molecule has 0 N–H and O–H groups in total. The molecule has 3 rings (SSSR count). The number of fused-ring (bicyclic) bond motifs is 1. The molecule has 26 heavy (non-hydrogen) atoms. The lowest BCUT2D eigenvalue weighted by molar-refractivity contribution is -0.401. The first-order chi connectivity index (χ1) is 12.5. The Morgan fingerprint density at radius 2 is 2.04 bits per heavy atom. The van der Waals surface area contributed by atoms with Crippen molar-refractivity contribution in [3.63, 3.8) is 0 Å². The highest BCUT2D eigenvalue weighted by atomic mass is 16.6. The first-order valence-corrected chi connectivity index (χ1v) is 8.21. The van der Waals surface area contributed by atoms with E-state index in [-0.39, 0.29) is 11.6 Å². The summed E-state index contributed by atoms with van der Waals surface area (Å²) in [5, 5.41) is 19.2. The summed E-state index contributed by atoms with van der Waals surface area (Å²) in [5.74, 6) is 0.983. The zero-order valence-corrected chi connectivity index (χ0v) is 15.0. The fraction of sp³-hybridized carbons (Fsp3) is 0.375. The van der Waals surface area contributed by atoms with Gasteiger partial charge < -0.3 is 9.32 Å². The molecule has 3 heterocycles. The normalized spacial score (nSPS) is 11.5. The molecule has 0 saturated heterocycles. The van der Waals surface area contributed by atoms with Gasteiger partial charge in [-0.05, 0) is 33.8 Å². The third kappa shape index (κ3) is 3.01. The lowest BCUT2D eigenvalue weighted by Crippen LogP contribution is -2.20. The first-order valence-electron chi connectivity index (χ1n) is 8.21. The van der Waals surface area contributed by atoms with Gasteiger partial charge in [-0.2, -0.15) is 0 Å². The van der Waals surface area contributed by atoms with Gasteiger partial charge in [-0.25, -0.2) is 14.4 Å². The molecule has 136 valence electrons. The minimum atomic E-state index is -0.585. The van der Waals surface area contributed by atoms with E-state index in [0.29, 0.717) is 28.7 Å². The van der Waals surface area contributed by atoms with Crippen LogP contribution in [0, 0.1) is 24.0 Å². The second-order valence-corrected chi connectivity index (χ2v) is 5.65. The Kier molecular flexibility index (Phi) is 4.65. The summed E-state index contributed by atoms with van der Waals surface area (Å²) in [6, 6.07) is 2.82. The lowest BCUT2D eigenvalue weighted by atomic mass is 10.2. The Morgan fingerprint density at radius 3 is 2.65 bits per heavy atom. The van der Waals surface area contributed by atoms with Crippen LogP contribution in [0.4, 0.5) is 11.8 Å². The highest BCUT2D eigenvalue weighted by Crippen LogP contribution is 2.31. The summed E-state index contributed by atoms with van der Waals surface area (Å²) >= 11 is 0. The van der Waals surface area contributed by atoms with Crippen molar-refractivity contribution in [2.75, 3.05) is 13.1 Å². The zero-order valence-electron chi connectivity index (χ0n) is 15.0. The number of nitro groups is 1. The molecule has 3 aromatic heterocycles. The van der Waals surface area contributed by atoms with Crippen molar-refractivity contribution in [2.24, 2.45) is 4.99 Å². The third-order valence-corrected chi connectivity index (χ3v) is 4.08. The van der Waals surface area contributed by atoms with E-state index < -0.39 is 4.92 Å². The SMILES string of the molecule is CCN(C=Nc1nc(-c2ccc([N+](=O)[O-])o2)c(C)c2nnc(C)n12)CC. The van der Waals surface area contributed by atoms with Crippen LogP contribution in [0.3, 0.4) is 0 Å². The molecule has 0 atom stereocenters. The van der Waals surface area contributed by atoms with Crippen LogP contribution in [0.15, 0.2) is 21.5 Å². The van der Waals surface area contributed by atoms with Gasteiger partial charge >= 0.3 is 5.88 Å². The van der Waals surface area contributed by atoms with Gasteiger partial charge in [-0.1, -0.05) is 0 Å². The van der Waals surface area contributed by atoms with Crippen LogP contribution in [0.25, 0.3) is 17.1 Å². The summed E-state index contributed by atoms with van der Waals surface area (Å²) in [6.45, 7) is 9.32. The van der Waals surface area contributed by atoms with Gasteiger partial charge in [-0.15, -0.1) is 10.2 Å². The summed E-state index contributed by atoms with van der Waals surface area (Å²) < 4.78 is 7.06. The topological polar surface area (TPSA) is 115 Å². The van der Waals surface area contributed by atoms with E-state index in [2.05, 4.69) is 20.2 Å². The van der Waals surface area contributed by atoms with E-state index in [1.165, 1.54) is 12.1 Å². The number of nitrogens with zero attached hydrogens (tertiary/aromatic N) is 7. The Balaban J connectivity index is 2.18. The molecular formula is C16H19N7O3. The van der Waals surface area contributed by atoms with Crippen LogP contribution in [0.1, 0.15) is 25.2 Å². The molecule has 10 heteroatoms. The number of hydrogen-bond donors (Lipinski definition) is 0. The number of aryl methyl sites for hydroxylation is 2. The number of rotatable bonds is 6. The van der Waals surface area contributed by atoms with E-state index in [1.54, 1.807) is 10.7 Å². The van der Waals surface area contributed by atoms with E-state index >= 15 is 0 Å². The van der Waals surface area contributed by atoms with E-state index in [9.17, 15) is 10.1 Å². The maximum absolute atomic E-state index is 10.9. The quantitative estimate of drug-likeness (QED) is 0.288. The Bertz CT molecular complexity index is 985. The number of aliphatic imine (C=N–C) groups is 1. The van der Waals surface area contributed by atoms with E-state index in [0.717, 1.165) is 13.1 Å². The van der Waals surface area contributed by atoms with Gasteiger partial charge in [0.15, 0.2) is 11.4 Å². The molecule has 0 amide bonds. The van der Waals surface area contributed by atoms with Crippen LogP contribution in [-0.2, 0) is 0 Å². The molecule has 0 radical (unpaired) electrons. The largest absolute Gasteiger partial charge is 0.433 e. The van der Waals surface area contributed by atoms with Crippen molar-refractivity contribution in [3.05, 3.63) is 33.6 Å². The average molecular weight is 357 g/mol. The molecular weight excluding hydrogens is 338 g/mol. The van der Waals surface area contributed by atoms with Gasteiger partial charge in [-0.3, -0.25) is 10.1 Å². The van der Waals surface area contributed by atoms with Crippen molar-refractivity contribution in [3.8, 4) is 11.5 Å². The highest BCUT2D eigenvalue weighted by Gasteiger charge is 2.20. The van der Waals surface area contributed by atoms with E-state index in [1.807, 2.05) is 32.6 Å². The smallest absolute Gasteiger partial charge is 0.399 e. The summed E-state index contributed by atoms with van der Waals surface area (Å²) in [6.07, 6.45) is 1.71. The van der Waals surface area contributed by atoms with Crippen LogP contribution in [0.5, 0.6) is 0 Å². The van der Waals surface area contributed by atoms with Gasteiger partial charge in [0, 0.05) is 18.7 Å². The molecule has 0 aromatic carbocycles. The molecule has 0 spiro atoms. The second-order valence-electron chi connectivity index (χ2n) is 5.65. The second kappa shape index (κ2) is 6.90. The average Bonchev–Trinajstić information content (AvgIpc) is 3.25. The summed E-state index contributed by atoms with van der Waals surface area (Å²) in [5.41, 5.74) is 1.74. The molecule has 0 bridgehead atoms. The van der Waals surface area contributed by atoms with Crippen molar-refractivity contribution >= 4 is 23.8 Å². The monoisotopic (exact) mass is 357 g/mol. The van der Waals surface area contributed by atoms with Crippen molar-refractivity contribution in [1.29, 1.82) is 0 Å². The van der Waals surface area contributed by atoms with Crippen molar-refractivity contribution in [1.82, 2.24) is 24.5 Å². The molecule has 0 saturated carbocycles. The van der Waals surface area contributed by atoms with Gasteiger partial charge in [0.1, 0.15) is 16.4 Å². The van der Waals surface area contributed by atoms with Crippen molar-refractivity contribution in [2.45, 2.75) is 27.7 Å². The van der Waals surface area contributed by atoms with Crippen LogP contribution < -0.4 is 0 Å². The molecule has 0 aliphatic heterocycles. The van der Waals surface area contributed by atoms with Crippen LogP contribution in [-0.4, -0.2) is 48.8 Å². The Labute approximate surface area is 149 Å². The standard InChI is InChI=1S/C16H19N7O3/c1-5-21(6-2)9-17-16-18-14(12-7-8-13(26-12)23(24)25)10(3)15-20-19-11(4)22(15)16/h7-9H,5-6H2,1-4H3.